The maximum absolute atomic E-state index is 9.81. The van der Waals surface area contributed by atoms with E-state index in [4.69, 9.17) is 14.5 Å². The zero-order valence-corrected chi connectivity index (χ0v) is 21.9. The van der Waals surface area contributed by atoms with Crippen LogP contribution in [-0.4, -0.2) is 40.1 Å². The Morgan fingerprint density at radius 1 is 0.971 bits per heavy atom. The highest BCUT2D eigenvalue weighted by Crippen LogP contribution is 2.38. The summed E-state index contributed by atoms with van der Waals surface area (Å²) in [4.78, 5) is 4.98. The first-order valence-electron chi connectivity index (χ1n) is 11.8. The van der Waals surface area contributed by atoms with Crippen LogP contribution in [0.5, 0.6) is 11.5 Å². The molecular formula is C28H31BrN2O4. The minimum Gasteiger partial charge on any atom is -0.494 e. The average Bonchev–Trinajstić information content (AvgIpc) is 3.25. The summed E-state index contributed by atoms with van der Waals surface area (Å²) in [7, 11) is 1.64. The molecule has 0 atom stereocenters. The molecule has 1 heterocycles. The van der Waals surface area contributed by atoms with E-state index in [1.165, 1.54) is 5.56 Å². The summed E-state index contributed by atoms with van der Waals surface area (Å²) in [5.74, 6) is 2.62. The number of benzene rings is 3. The molecule has 3 aromatic carbocycles. The number of nitrogens with zero attached hydrogens (tertiary/aromatic N) is 2. The van der Waals surface area contributed by atoms with Gasteiger partial charge in [-0.25, -0.2) is 4.98 Å². The zero-order chi connectivity index (χ0) is 24.9. The van der Waals surface area contributed by atoms with E-state index in [1.807, 2.05) is 34.9 Å². The fourth-order valence-corrected chi connectivity index (χ4v) is 4.75. The number of aliphatic hydroxyl groups excluding tert-OH is 2. The van der Waals surface area contributed by atoms with E-state index in [1.54, 1.807) is 7.11 Å². The van der Waals surface area contributed by atoms with Crippen molar-refractivity contribution in [3.8, 4) is 22.9 Å². The Balaban J connectivity index is 1.78. The van der Waals surface area contributed by atoms with E-state index in [2.05, 4.69) is 54.0 Å². The monoisotopic (exact) mass is 538 g/mol. The van der Waals surface area contributed by atoms with Gasteiger partial charge in [0.15, 0.2) is 0 Å². The first-order chi connectivity index (χ1) is 17.0. The maximum Gasteiger partial charge on any atom is 0.145 e. The van der Waals surface area contributed by atoms with Gasteiger partial charge in [0.2, 0.25) is 0 Å². The van der Waals surface area contributed by atoms with Crippen molar-refractivity contribution in [3.63, 3.8) is 0 Å². The molecule has 0 radical (unpaired) electrons. The summed E-state index contributed by atoms with van der Waals surface area (Å²) in [5.41, 5.74) is 5.66. The molecule has 4 rings (SSSR count). The molecule has 0 fully saturated rings. The van der Waals surface area contributed by atoms with Crippen LogP contribution in [0.2, 0.25) is 0 Å². The fourth-order valence-electron chi connectivity index (χ4n) is 4.24. The Morgan fingerprint density at radius 2 is 1.71 bits per heavy atom. The van der Waals surface area contributed by atoms with Crippen molar-refractivity contribution in [2.24, 2.45) is 0 Å². The van der Waals surface area contributed by atoms with Crippen LogP contribution in [-0.2, 0) is 19.6 Å². The van der Waals surface area contributed by atoms with Crippen molar-refractivity contribution in [1.82, 2.24) is 9.55 Å². The van der Waals surface area contributed by atoms with Gasteiger partial charge in [0.25, 0.3) is 0 Å². The summed E-state index contributed by atoms with van der Waals surface area (Å²) < 4.78 is 14.7. The van der Waals surface area contributed by atoms with E-state index in [0.717, 1.165) is 43.8 Å². The highest BCUT2D eigenvalue weighted by Gasteiger charge is 2.21. The first-order valence-corrected chi connectivity index (χ1v) is 12.6. The molecule has 0 spiro atoms. The Kier molecular flexibility index (Phi) is 8.11. The van der Waals surface area contributed by atoms with Crippen LogP contribution in [0.15, 0.2) is 59.1 Å². The van der Waals surface area contributed by atoms with Crippen molar-refractivity contribution in [2.75, 3.05) is 20.3 Å². The number of ether oxygens (including phenoxy) is 2. The molecule has 0 aliphatic heterocycles. The molecule has 0 bridgehead atoms. The van der Waals surface area contributed by atoms with Gasteiger partial charge in [-0.15, -0.1) is 0 Å². The second-order valence-electron chi connectivity index (χ2n) is 8.71. The molecule has 184 valence electrons. The minimum absolute atomic E-state index is 0.0180. The van der Waals surface area contributed by atoms with Crippen LogP contribution >= 0.6 is 15.9 Å². The molecule has 0 aliphatic rings. The summed E-state index contributed by atoms with van der Waals surface area (Å²) in [6.07, 6.45) is 0.532. The van der Waals surface area contributed by atoms with E-state index >= 15 is 0 Å². The Labute approximate surface area is 214 Å². The van der Waals surface area contributed by atoms with E-state index in [-0.39, 0.29) is 13.2 Å². The van der Waals surface area contributed by atoms with Crippen molar-refractivity contribution in [3.05, 3.63) is 75.8 Å². The number of fused-ring (bicyclic) bond motifs is 1. The van der Waals surface area contributed by atoms with Crippen LogP contribution in [0.3, 0.4) is 0 Å². The lowest BCUT2D eigenvalue weighted by Gasteiger charge is -2.15. The van der Waals surface area contributed by atoms with Crippen LogP contribution in [0.1, 0.15) is 36.5 Å². The fraction of sp³-hybridized carbons (Fsp3) is 0.321. The zero-order valence-electron chi connectivity index (χ0n) is 20.3. The quantitative estimate of drug-likeness (QED) is 0.270. The number of hydrogen-bond donors (Lipinski definition) is 2. The van der Waals surface area contributed by atoms with E-state index in [9.17, 15) is 10.2 Å². The summed E-state index contributed by atoms with van der Waals surface area (Å²) in [5, 5.41) is 19.2. The van der Waals surface area contributed by atoms with Crippen LogP contribution < -0.4 is 9.47 Å². The van der Waals surface area contributed by atoms with Crippen molar-refractivity contribution in [1.29, 1.82) is 0 Å². The highest BCUT2D eigenvalue weighted by atomic mass is 79.9. The average molecular weight is 539 g/mol. The van der Waals surface area contributed by atoms with Gasteiger partial charge in [0, 0.05) is 24.3 Å². The van der Waals surface area contributed by atoms with Crippen LogP contribution in [0.4, 0.5) is 0 Å². The third-order valence-corrected chi connectivity index (χ3v) is 7.00. The Hall–Kier alpha value is -2.87. The van der Waals surface area contributed by atoms with Crippen LogP contribution in [0.25, 0.3) is 22.4 Å². The van der Waals surface area contributed by atoms with Crippen LogP contribution in [0, 0.1) is 0 Å². The van der Waals surface area contributed by atoms with Gasteiger partial charge in [-0.2, -0.15) is 0 Å². The molecule has 4 aromatic rings. The van der Waals surface area contributed by atoms with Crippen molar-refractivity contribution < 1.29 is 19.7 Å². The molecule has 6 nitrogen and oxygen atoms in total. The minimum atomic E-state index is -0.0180. The number of imidazole rings is 1. The number of rotatable bonds is 10. The molecule has 35 heavy (non-hydrogen) atoms. The highest BCUT2D eigenvalue weighted by molar-refractivity contribution is 9.10. The lowest BCUT2D eigenvalue weighted by Crippen LogP contribution is -2.06. The molecule has 1 aromatic heterocycles. The smallest absolute Gasteiger partial charge is 0.145 e. The Morgan fingerprint density at radius 3 is 2.37 bits per heavy atom. The van der Waals surface area contributed by atoms with Crippen molar-refractivity contribution >= 4 is 27.0 Å². The van der Waals surface area contributed by atoms with Gasteiger partial charge in [0.1, 0.15) is 35.0 Å². The second-order valence-corrected chi connectivity index (χ2v) is 9.50. The molecule has 7 heteroatoms. The largest absolute Gasteiger partial charge is 0.494 e. The molecule has 0 aliphatic carbocycles. The predicted octanol–water partition coefficient (Wildman–Crippen LogP) is 5.70. The maximum atomic E-state index is 9.81. The van der Waals surface area contributed by atoms with E-state index < -0.39 is 0 Å². The van der Waals surface area contributed by atoms with Gasteiger partial charge in [-0.05, 0) is 51.5 Å². The number of aliphatic hydroxyl groups is 2. The normalized spacial score (nSPS) is 11.4. The third-order valence-electron chi connectivity index (χ3n) is 6.11. The summed E-state index contributed by atoms with van der Waals surface area (Å²) in [6.45, 7) is 5.09. The molecule has 0 amide bonds. The number of methoxy groups -OCH3 is 1. The number of halogens is 1. The molecule has 0 unspecified atom stereocenters. The standard InChI is InChI=1S/C28H31BrN2O4/c1-18(2)19-8-10-21(11-9-19)28-30-26-25(29)22(16-24(34-3)27(26)31(28)13-15-33)17-35-23-7-5-4-6-20(23)12-14-32/h4-11,16,18,32-33H,12-15,17H2,1-3H3. The lowest BCUT2D eigenvalue weighted by atomic mass is 10.0. The SMILES string of the molecule is COc1cc(COc2ccccc2CCO)c(Br)c2nc(-c3ccc(C(C)C)cc3)n(CCO)c12. The molecular weight excluding hydrogens is 508 g/mol. The van der Waals surface area contributed by atoms with Gasteiger partial charge < -0.3 is 24.3 Å². The topological polar surface area (TPSA) is 76.7 Å². The summed E-state index contributed by atoms with van der Waals surface area (Å²) in [6, 6.07) is 18.1. The molecule has 0 saturated carbocycles. The van der Waals surface area contributed by atoms with E-state index in [0.29, 0.717) is 31.2 Å². The third kappa shape index (κ3) is 5.22. The van der Waals surface area contributed by atoms with Gasteiger partial charge in [-0.3, -0.25) is 0 Å². The van der Waals surface area contributed by atoms with Crippen molar-refractivity contribution in [2.45, 2.75) is 39.3 Å². The number of aromatic nitrogens is 2. The van der Waals surface area contributed by atoms with Gasteiger partial charge in [0.05, 0.1) is 18.2 Å². The van der Waals surface area contributed by atoms with Gasteiger partial charge >= 0.3 is 0 Å². The molecule has 0 saturated heterocycles. The predicted molar refractivity (Wildman–Crippen MR) is 142 cm³/mol. The Bertz CT molecular complexity index is 1300. The second kappa shape index (κ2) is 11.2. The number of para-hydroxylation sites is 1. The molecule has 2 N–H and O–H groups in total. The number of hydrogen-bond acceptors (Lipinski definition) is 5. The first kappa shape index (κ1) is 25.2. The summed E-state index contributed by atoms with van der Waals surface area (Å²) >= 11 is 3.76. The lowest BCUT2D eigenvalue weighted by molar-refractivity contribution is 0.278. The van der Waals surface area contributed by atoms with Gasteiger partial charge in [-0.1, -0.05) is 56.3 Å².